The van der Waals surface area contributed by atoms with E-state index in [0.717, 1.165) is 5.56 Å². The van der Waals surface area contributed by atoms with Gasteiger partial charge in [-0.3, -0.25) is 9.59 Å². The van der Waals surface area contributed by atoms with E-state index in [2.05, 4.69) is 10.3 Å². The van der Waals surface area contributed by atoms with Crippen molar-refractivity contribution in [3.63, 3.8) is 0 Å². The molecule has 2 N–H and O–H groups in total. The number of rotatable bonds is 5. The molecule has 0 fully saturated rings. The Bertz CT molecular complexity index is 855. The van der Waals surface area contributed by atoms with Crippen molar-refractivity contribution in [1.29, 1.82) is 0 Å². The van der Waals surface area contributed by atoms with Crippen molar-refractivity contribution < 1.29 is 19.1 Å². The summed E-state index contributed by atoms with van der Waals surface area (Å²) < 4.78 is 4.77. The maximum absolute atomic E-state index is 12.4. The summed E-state index contributed by atoms with van der Waals surface area (Å²) >= 11 is 6.05. The summed E-state index contributed by atoms with van der Waals surface area (Å²) in [5.74, 6) is -1.16. The minimum Gasteiger partial charge on any atom is -0.465 e. The molecule has 0 radical (unpaired) electrons. The number of ether oxygens (including phenoxy) is 1. The molecule has 0 saturated heterocycles. The van der Waals surface area contributed by atoms with Crippen LogP contribution < -0.4 is 5.32 Å². The zero-order valence-corrected chi connectivity index (χ0v) is 15.2. The molecule has 0 unspecified atom stereocenters. The predicted molar refractivity (Wildman–Crippen MR) is 95.4 cm³/mol. The van der Waals surface area contributed by atoms with E-state index in [-0.39, 0.29) is 23.7 Å². The highest BCUT2D eigenvalue weighted by Gasteiger charge is 2.24. The van der Waals surface area contributed by atoms with Gasteiger partial charge in [0, 0.05) is 23.3 Å². The van der Waals surface area contributed by atoms with Crippen molar-refractivity contribution in [2.24, 2.45) is 0 Å². The number of aromatic amines is 1. The number of Topliss-reactive ketones (excluding diaryl/α,β-unsaturated/α-hetero) is 1. The smallest absolute Gasteiger partial charge is 0.339 e. The number of carbonyl (C=O) groups excluding carboxylic acids is 3. The van der Waals surface area contributed by atoms with Crippen LogP contribution in [-0.2, 0) is 16.0 Å². The van der Waals surface area contributed by atoms with E-state index in [0.29, 0.717) is 27.7 Å². The van der Waals surface area contributed by atoms with Gasteiger partial charge in [-0.25, -0.2) is 4.79 Å². The van der Waals surface area contributed by atoms with E-state index < -0.39 is 5.97 Å². The molecule has 0 atom stereocenters. The molecule has 2 rings (SSSR count). The minimum atomic E-state index is -0.594. The first-order valence-corrected chi connectivity index (χ1v) is 7.99. The fourth-order valence-electron chi connectivity index (χ4n) is 2.62. The third-order valence-corrected chi connectivity index (χ3v) is 4.36. The van der Waals surface area contributed by atoms with Gasteiger partial charge in [0.1, 0.15) is 0 Å². The van der Waals surface area contributed by atoms with Gasteiger partial charge in [0.25, 0.3) is 0 Å². The number of ketones is 1. The van der Waals surface area contributed by atoms with E-state index in [1.165, 1.54) is 14.0 Å². The maximum atomic E-state index is 12.4. The normalized spacial score (nSPS) is 10.4. The third-order valence-electron chi connectivity index (χ3n) is 3.95. The Hall–Kier alpha value is -2.60. The number of benzene rings is 1. The minimum absolute atomic E-state index is 0.107. The maximum Gasteiger partial charge on any atom is 0.339 e. The molecular weight excluding hydrogens is 344 g/mol. The quantitative estimate of drug-likeness (QED) is 0.629. The van der Waals surface area contributed by atoms with Crippen LogP contribution in [0.15, 0.2) is 18.2 Å². The standard InChI is InChI=1S/C18H19ClN2O4/c1-9-12(19)6-5-7-13(9)20-15(23)8-14-16(18(24)25-4)10(2)17(21-14)11(3)22/h5-7,21H,8H2,1-4H3,(H,20,23). The number of hydrogen-bond donors (Lipinski definition) is 2. The summed E-state index contributed by atoms with van der Waals surface area (Å²) in [6.07, 6.45) is -0.107. The summed E-state index contributed by atoms with van der Waals surface area (Å²) in [6.45, 7) is 4.82. The van der Waals surface area contributed by atoms with Gasteiger partial charge in [-0.15, -0.1) is 0 Å². The largest absolute Gasteiger partial charge is 0.465 e. The fourth-order valence-corrected chi connectivity index (χ4v) is 2.79. The third kappa shape index (κ3) is 3.91. The number of carbonyl (C=O) groups is 3. The number of aromatic nitrogens is 1. The van der Waals surface area contributed by atoms with Crippen molar-refractivity contribution in [3.8, 4) is 0 Å². The second kappa shape index (κ2) is 7.53. The second-order valence-corrected chi connectivity index (χ2v) is 6.07. The molecule has 25 heavy (non-hydrogen) atoms. The van der Waals surface area contributed by atoms with Crippen molar-refractivity contribution in [3.05, 3.63) is 51.3 Å². The lowest BCUT2D eigenvalue weighted by molar-refractivity contribution is -0.115. The number of esters is 1. The summed E-state index contributed by atoms with van der Waals surface area (Å²) in [5.41, 5.74) is 2.66. The Labute approximate surface area is 150 Å². The van der Waals surface area contributed by atoms with Gasteiger partial charge < -0.3 is 15.0 Å². The molecule has 0 spiro atoms. The van der Waals surface area contributed by atoms with E-state index in [4.69, 9.17) is 16.3 Å². The highest BCUT2D eigenvalue weighted by molar-refractivity contribution is 6.31. The number of amides is 1. The monoisotopic (exact) mass is 362 g/mol. The fraction of sp³-hybridized carbons (Fsp3) is 0.278. The van der Waals surface area contributed by atoms with E-state index >= 15 is 0 Å². The SMILES string of the molecule is COC(=O)c1c(CC(=O)Nc2cccc(Cl)c2C)[nH]c(C(C)=O)c1C. The van der Waals surface area contributed by atoms with Crippen LogP contribution in [0.25, 0.3) is 0 Å². The van der Waals surface area contributed by atoms with Crippen LogP contribution in [0.3, 0.4) is 0 Å². The van der Waals surface area contributed by atoms with E-state index in [1.807, 2.05) is 0 Å². The first-order chi connectivity index (χ1) is 11.8. The molecule has 6 nitrogen and oxygen atoms in total. The second-order valence-electron chi connectivity index (χ2n) is 5.66. The number of methoxy groups -OCH3 is 1. The van der Waals surface area contributed by atoms with E-state index in [1.54, 1.807) is 32.0 Å². The molecule has 1 amide bonds. The Morgan fingerprint density at radius 3 is 2.48 bits per heavy atom. The van der Waals surface area contributed by atoms with Gasteiger partial charge in [-0.2, -0.15) is 0 Å². The molecule has 7 heteroatoms. The Balaban J connectivity index is 2.31. The van der Waals surface area contributed by atoms with Gasteiger partial charge in [0.05, 0.1) is 24.8 Å². The molecule has 0 aliphatic carbocycles. The van der Waals surface area contributed by atoms with Crippen molar-refractivity contribution in [2.45, 2.75) is 27.2 Å². The molecule has 1 heterocycles. The Morgan fingerprint density at radius 1 is 1.20 bits per heavy atom. The molecule has 0 aliphatic heterocycles. The van der Waals surface area contributed by atoms with Gasteiger partial charge in [0.2, 0.25) is 5.91 Å². The average molecular weight is 363 g/mol. The number of nitrogens with one attached hydrogen (secondary N) is 2. The molecule has 1 aromatic carbocycles. The van der Waals surface area contributed by atoms with Crippen LogP contribution in [0.4, 0.5) is 5.69 Å². The molecular formula is C18H19ClN2O4. The van der Waals surface area contributed by atoms with Gasteiger partial charge in [-0.05, 0) is 37.1 Å². The molecule has 132 valence electrons. The lowest BCUT2D eigenvalue weighted by Crippen LogP contribution is -2.17. The van der Waals surface area contributed by atoms with Crippen molar-refractivity contribution in [2.75, 3.05) is 12.4 Å². The van der Waals surface area contributed by atoms with Crippen LogP contribution in [0, 0.1) is 13.8 Å². The highest BCUT2D eigenvalue weighted by atomic mass is 35.5. The number of hydrogen-bond acceptors (Lipinski definition) is 4. The molecule has 0 saturated carbocycles. The predicted octanol–water partition coefficient (Wildman–Crippen LogP) is 3.46. The number of halogens is 1. The van der Waals surface area contributed by atoms with Gasteiger partial charge >= 0.3 is 5.97 Å². The van der Waals surface area contributed by atoms with Crippen LogP contribution in [0.1, 0.15) is 44.6 Å². The van der Waals surface area contributed by atoms with Crippen LogP contribution in [0.5, 0.6) is 0 Å². The molecule has 0 aliphatic rings. The van der Waals surface area contributed by atoms with Crippen molar-refractivity contribution in [1.82, 2.24) is 4.98 Å². The van der Waals surface area contributed by atoms with Crippen LogP contribution in [-0.4, -0.2) is 29.8 Å². The molecule has 2 aromatic rings. The zero-order valence-electron chi connectivity index (χ0n) is 14.5. The Kier molecular flexibility index (Phi) is 5.64. The molecule has 1 aromatic heterocycles. The number of anilines is 1. The van der Waals surface area contributed by atoms with Crippen molar-refractivity contribution >= 4 is 34.9 Å². The van der Waals surface area contributed by atoms with Gasteiger partial charge in [-0.1, -0.05) is 17.7 Å². The summed E-state index contributed by atoms with van der Waals surface area (Å²) in [6, 6.07) is 5.20. The van der Waals surface area contributed by atoms with Crippen LogP contribution in [0.2, 0.25) is 5.02 Å². The summed E-state index contributed by atoms with van der Waals surface area (Å²) in [4.78, 5) is 39.0. The topological polar surface area (TPSA) is 88.3 Å². The van der Waals surface area contributed by atoms with Gasteiger partial charge in [0.15, 0.2) is 5.78 Å². The highest BCUT2D eigenvalue weighted by Crippen LogP contribution is 2.24. The lowest BCUT2D eigenvalue weighted by Gasteiger charge is -2.09. The molecule has 0 bridgehead atoms. The lowest BCUT2D eigenvalue weighted by atomic mass is 10.1. The summed E-state index contributed by atoms with van der Waals surface area (Å²) in [7, 11) is 1.25. The average Bonchev–Trinajstić information content (AvgIpc) is 2.87. The first-order valence-electron chi connectivity index (χ1n) is 7.61. The first kappa shape index (κ1) is 18.7. The zero-order chi connectivity index (χ0) is 18.7. The van der Waals surface area contributed by atoms with E-state index in [9.17, 15) is 14.4 Å². The summed E-state index contributed by atoms with van der Waals surface area (Å²) in [5, 5.41) is 3.31. The van der Waals surface area contributed by atoms with Crippen LogP contribution >= 0.6 is 11.6 Å². The Morgan fingerprint density at radius 2 is 1.88 bits per heavy atom. The number of H-pyrrole nitrogens is 1.